The van der Waals surface area contributed by atoms with Gasteiger partial charge in [-0.25, -0.2) is 4.98 Å². The van der Waals surface area contributed by atoms with Gasteiger partial charge < -0.3 is 4.90 Å². The zero-order valence-corrected chi connectivity index (χ0v) is 11.9. The van der Waals surface area contributed by atoms with Crippen molar-refractivity contribution in [3.05, 3.63) is 23.7 Å². The number of aromatic nitrogens is 1. The average Bonchev–Trinajstić information content (AvgIpc) is 2.73. The van der Waals surface area contributed by atoms with Crippen LogP contribution in [0.25, 0.3) is 10.1 Å². The smallest absolute Gasteiger partial charge is 0.137 e. The highest BCUT2D eigenvalue weighted by Gasteiger charge is 2.14. The van der Waals surface area contributed by atoms with Crippen LogP contribution in [0.3, 0.4) is 0 Å². The van der Waals surface area contributed by atoms with Crippen LogP contribution < -0.4 is 4.90 Å². The third-order valence-electron chi connectivity index (χ3n) is 2.58. The molecule has 0 bridgehead atoms. The number of hydrogen-bond acceptors (Lipinski definition) is 3. The minimum Gasteiger partial charge on any atom is -0.353 e. The number of halogens is 1. The zero-order chi connectivity index (χ0) is 11.5. The first-order chi connectivity index (χ1) is 7.74. The number of alkyl halides is 1. The molecule has 0 amide bonds. The van der Waals surface area contributed by atoms with Crippen molar-refractivity contribution in [2.45, 2.75) is 19.9 Å². The highest BCUT2D eigenvalue weighted by molar-refractivity contribution is 9.09. The summed E-state index contributed by atoms with van der Waals surface area (Å²) in [6.45, 7) is 5.39. The van der Waals surface area contributed by atoms with Gasteiger partial charge in [-0.2, -0.15) is 0 Å². The number of pyridine rings is 1. The molecule has 86 valence electrons. The molecule has 0 radical (unpaired) electrons. The maximum atomic E-state index is 4.53. The quantitative estimate of drug-likeness (QED) is 0.796. The normalized spacial score (nSPS) is 11.2. The van der Waals surface area contributed by atoms with Gasteiger partial charge in [0.1, 0.15) is 5.82 Å². The fourth-order valence-electron chi connectivity index (χ4n) is 1.81. The SMILES string of the molecule is CC(C)N(CCBr)c1nccc2sccc12. The molecule has 0 saturated heterocycles. The summed E-state index contributed by atoms with van der Waals surface area (Å²) in [6.07, 6.45) is 1.90. The Morgan fingerprint density at radius 2 is 2.25 bits per heavy atom. The maximum Gasteiger partial charge on any atom is 0.137 e. The third kappa shape index (κ3) is 2.23. The van der Waals surface area contributed by atoms with Crippen LogP contribution in [0.2, 0.25) is 0 Å². The molecule has 4 heteroatoms. The van der Waals surface area contributed by atoms with Crippen LogP contribution in [0.4, 0.5) is 5.82 Å². The highest BCUT2D eigenvalue weighted by atomic mass is 79.9. The van der Waals surface area contributed by atoms with Gasteiger partial charge in [0.2, 0.25) is 0 Å². The van der Waals surface area contributed by atoms with Crippen LogP contribution in [-0.4, -0.2) is 22.9 Å². The summed E-state index contributed by atoms with van der Waals surface area (Å²) in [4.78, 5) is 6.87. The average molecular weight is 299 g/mol. The lowest BCUT2D eigenvalue weighted by molar-refractivity contribution is 0.701. The Hall–Kier alpha value is -0.610. The van der Waals surface area contributed by atoms with E-state index in [-0.39, 0.29) is 0 Å². The van der Waals surface area contributed by atoms with Gasteiger partial charge in [0.05, 0.1) is 0 Å². The van der Waals surface area contributed by atoms with Gasteiger partial charge in [0, 0.05) is 34.2 Å². The predicted octanol–water partition coefficient (Wildman–Crippen LogP) is 3.91. The summed E-state index contributed by atoms with van der Waals surface area (Å²) >= 11 is 5.27. The van der Waals surface area contributed by atoms with Crippen LogP contribution >= 0.6 is 27.3 Å². The van der Waals surface area contributed by atoms with Crippen molar-refractivity contribution in [2.75, 3.05) is 16.8 Å². The fourth-order valence-corrected chi connectivity index (χ4v) is 2.97. The van der Waals surface area contributed by atoms with Crippen molar-refractivity contribution in [2.24, 2.45) is 0 Å². The van der Waals surface area contributed by atoms with Gasteiger partial charge in [0.25, 0.3) is 0 Å². The van der Waals surface area contributed by atoms with E-state index < -0.39 is 0 Å². The Kier molecular flexibility index (Phi) is 3.82. The molecule has 2 aromatic rings. The number of nitrogens with zero attached hydrogens (tertiary/aromatic N) is 2. The Morgan fingerprint density at radius 3 is 2.94 bits per heavy atom. The van der Waals surface area contributed by atoms with Gasteiger partial charge in [0.15, 0.2) is 0 Å². The molecule has 0 N–H and O–H groups in total. The molecule has 2 rings (SSSR count). The summed E-state index contributed by atoms with van der Waals surface area (Å²) in [5.41, 5.74) is 0. The van der Waals surface area contributed by atoms with Crippen molar-refractivity contribution in [1.29, 1.82) is 0 Å². The van der Waals surface area contributed by atoms with E-state index in [1.165, 1.54) is 10.1 Å². The number of fused-ring (bicyclic) bond motifs is 1. The Morgan fingerprint density at radius 1 is 1.44 bits per heavy atom. The largest absolute Gasteiger partial charge is 0.353 e. The fraction of sp³-hybridized carbons (Fsp3) is 0.417. The molecule has 0 aliphatic carbocycles. The van der Waals surface area contributed by atoms with E-state index in [9.17, 15) is 0 Å². The number of hydrogen-bond donors (Lipinski definition) is 0. The van der Waals surface area contributed by atoms with Crippen LogP contribution in [0.1, 0.15) is 13.8 Å². The molecule has 2 heterocycles. The number of thiophene rings is 1. The molecule has 0 aromatic carbocycles. The van der Waals surface area contributed by atoms with E-state index in [0.29, 0.717) is 6.04 Å². The molecule has 0 fully saturated rings. The van der Waals surface area contributed by atoms with Crippen LogP contribution in [0.5, 0.6) is 0 Å². The second-order valence-electron chi connectivity index (χ2n) is 3.94. The molecule has 0 saturated carbocycles. The highest BCUT2D eigenvalue weighted by Crippen LogP contribution is 2.29. The Bertz CT molecular complexity index is 467. The van der Waals surface area contributed by atoms with E-state index >= 15 is 0 Å². The number of anilines is 1. The van der Waals surface area contributed by atoms with Gasteiger partial charge in [-0.05, 0) is 31.4 Å². The predicted molar refractivity (Wildman–Crippen MR) is 75.9 cm³/mol. The lowest BCUT2D eigenvalue weighted by Crippen LogP contribution is -2.33. The minimum absolute atomic E-state index is 0.468. The van der Waals surface area contributed by atoms with Crippen molar-refractivity contribution < 1.29 is 0 Å². The molecule has 0 unspecified atom stereocenters. The Balaban J connectivity index is 2.47. The summed E-state index contributed by atoms with van der Waals surface area (Å²) in [6, 6.07) is 4.71. The summed E-state index contributed by atoms with van der Waals surface area (Å²) in [7, 11) is 0. The van der Waals surface area contributed by atoms with Gasteiger partial charge >= 0.3 is 0 Å². The van der Waals surface area contributed by atoms with E-state index in [1.807, 2.05) is 6.20 Å². The summed E-state index contributed by atoms with van der Waals surface area (Å²) in [5.74, 6) is 1.10. The van der Waals surface area contributed by atoms with Crippen molar-refractivity contribution in [1.82, 2.24) is 4.98 Å². The maximum absolute atomic E-state index is 4.53. The standard InChI is InChI=1S/C12H15BrN2S/c1-9(2)15(7-5-13)12-10-4-8-16-11(10)3-6-14-12/h3-4,6,8-9H,5,7H2,1-2H3. The number of rotatable bonds is 4. The zero-order valence-electron chi connectivity index (χ0n) is 9.48. The van der Waals surface area contributed by atoms with Gasteiger partial charge in [-0.15, -0.1) is 11.3 Å². The van der Waals surface area contributed by atoms with E-state index in [0.717, 1.165) is 17.7 Å². The molecular formula is C12H15BrN2S. The van der Waals surface area contributed by atoms with Gasteiger partial charge in [-0.1, -0.05) is 15.9 Å². The van der Waals surface area contributed by atoms with Crippen LogP contribution in [0, 0.1) is 0 Å². The molecule has 2 nitrogen and oxygen atoms in total. The lowest BCUT2D eigenvalue weighted by atomic mass is 10.2. The molecular weight excluding hydrogens is 284 g/mol. The van der Waals surface area contributed by atoms with Crippen molar-refractivity contribution in [3.63, 3.8) is 0 Å². The minimum atomic E-state index is 0.468. The first-order valence-electron chi connectivity index (χ1n) is 5.39. The third-order valence-corrected chi connectivity index (χ3v) is 3.82. The topological polar surface area (TPSA) is 16.1 Å². The second kappa shape index (κ2) is 5.15. The molecule has 0 spiro atoms. The molecule has 16 heavy (non-hydrogen) atoms. The monoisotopic (exact) mass is 298 g/mol. The second-order valence-corrected chi connectivity index (χ2v) is 5.68. The molecule has 2 aromatic heterocycles. The van der Waals surface area contributed by atoms with E-state index in [2.05, 4.69) is 57.2 Å². The summed E-state index contributed by atoms with van der Waals surface area (Å²) in [5, 5.41) is 4.36. The van der Waals surface area contributed by atoms with E-state index in [1.54, 1.807) is 11.3 Å². The first kappa shape index (κ1) is 11.9. The van der Waals surface area contributed by atoms with Crippen molar-refractivity contribution in [3.8, 4) is 0 Å². The van der Waals surface area contributed by atoms with Crippen LogP contribution in [-0.2, 0) is 0 Å². The lowest BCUT2D eigenvalue weighted by Gasteiger charge is -2.27. The first-order valence-corrected chi connectivity index (χ1v) is 7.39. The van der Waals surface area contributed by atoms with Crippen molar-refractivity contribution >= 4 is 43.2 Å². The molecule has 0 atom stereocenters. The molecule has 0 aliphatic heterocycles. The van der Waals surface area contributed by atoms with E-state index in [4.69, 9.17) is 0 Å². The molecule has 0 aliphatic rings. The van der Waals surface area contributed by atoms with Crippen LogP contribution in [0.15, 0.2) is 23.7 Å². The summed E-state index contributed by atoms with van der Waals surface area (Å²) < 4.78 is 1.31. The Labute approximate surface area is 108 Å². The van der Waals surface area contributed by atoms with Gasteiger partial charge in [-0.3, -0.25) is 0 Å².